The monoisotopic (exact) mass is 503 g/mol. The van der Waals surface area contributed by atoms with Gasteiger partial charge in [0.2, 0.25) is 5.95 Å². The molecule has 192 valence electrons. The topological polar surface area (TPSA) is 116 Å². The third-order valence-corrected chi connectivity index (χ3v) is 5.14. The van der Waals surface area contributed by atoms with E-state index in [9.17, 15) is 26.7 Å². The van der Waals surface area contributed by atoms with Crippen LogP contribution in [-0.4, -0.2) is 51.8 Å². The van der Waals surface area contributed by atoms with Gasteiger partial charge in [-0.2, -0.15) is 18.2 Å². The Kier molecular flexibility index (Phi) is 9.72. The number of carboxylic acid groups (broad SMARTS) is 1. The van der Waals surface area contributed by atoms with E-state index in [0.29, 0.717) is 5.95 Å². The summed E-state index contributed by atoms with van der Waals surface area (Å²) in [4.78, 5) is 30.0. The summed E-state index contributed by atoms with van der Waals surface area (Å²) in [5.74, 6) is -3.70. The second-order valence-corrected chi connectivity index (χ2v) is 7.85. The number of alkyl halides is 3. The molecule has 4 N–H and O–H groups in total. The molecule has 0 aliphatic heterocycles. The van der Waals surface area contributed by atoms with Gasteiger partial charge in [-0.15, -0.1) is 0 Å². The predicted molar refractivity (Wildman–Crippen MR) is 118 cm³/mol. The number of anilines is 2. The van der Waals surface area contributed by atoms with Gasteiger partial charge in [0.1, 0.15) is 5.82 Å². The zero-order valence-electron chi connectivity index (χ0n) is 19.0. The van der Waals surface area contributed by atoms with Gasteiger partial charge < -0.3 is 21.1 Å². The van der Waals surface area contributed by atoms with E-state index < -0.39 is 23.8 Å². The summed E-state index contributed by atoms with van der Waals surface area (Å²) in [5.41, 5.74) is 1.12. The number of aromatic nitrogens is 2. The minimum Gasteiger partial charge on any atom is -0.475 e. The molecule has 1 heterocycles. The fourth-order valence-electron chi connectivity index (χ4n) is 3.33. The van der Waals surface area contributed by atoms with E-state index in [1.54, 1.807) is 6.20 Å². The average molecular weight is 503 g/mol. The Morgan fingerprint density at radius 1 is 1.09 bits per heavy atom. The number of carbonyl (C=O) groups excluding carboxylic acids is 1. The van der Waals surface area contributed by atoms with Crippen LogP contribution in [0.2, 0.25) is 0 Å². The van der Waals surface area contributed by atoms with Crippen LogP contribution < -0.4 is 16.0 Å². The molecule has 2 aromatic rings. The molecule has 0 spiro atoms. The number of nitrogens with one attached hydrogen (secondary N) is 3. The maximum Gasteiger partial charge on any atom is 0.490 e. The van der Waals surface area contributed by atoms with Crippen LogP contribution >= 0.6 is 0 Å². The first-order valence-corrected chi connectivity index (χ1v) is 10.8. The minimum atomic E-state index is -5.08. The highest BCUT2D eigenvalue weighted by Gasteiger charge is 2.38. The molecule has 0 bridgehead atoms. The standard InChI is InChI=1S/C20H25F2N5O.C2HF3O2/c1-3-23-18-12(2)11-24-20(27-18)26-15-7-5-14(6-8-15)25-19(28)13-4-9-16(21)17(22)10-13;3-2(4,5)1(6)7/h4,9-11,14-15H,3,5-8H2,1-2H3,(H,25,28)(H2,23,24,26,27);(H,6,7)/t14-,15+;. The number of carboxylic acids is 1. The quantitative estimate of drug-likeness (QED) is 0.435. The number of aliphatic carboxylic acids is 1. The molecule has 8 nitrogen and oxygen atoms in total. The van der Waals surface area contributed by atoms with Crippen LogP contribution in [-0.2, 0) is 4.79 Å². The maximum atomic E-state index is 13.3. The van der Waals surface area contributed by atoms with Crippen molar-refractivity contribution in [2.45, 2.75) is 57.8 Å². The first kappa shape index (κ1) is 27.7. The van der Waals surface area contributed by atoms with E-state index in [1.807, 2.05) is 13.8 Å². The van der Waals surface area contributed by atoms with Crippen LogP contribution in [0.4, 0.5) is 33.7 Å². The Bertz CT molecular complexity index is 1030. The van der Waals surface area contributed by atoms with Gasteiger partial charge in [-0.1, -0.05) is 0 Å². The summed E-state index contributed by atoms with van der Waals surface area (Å²) in [5, 5.41) is 16.6. The van der Waals surface area contributed by atoms with Crippen LogP contribution in [0, 0.1) is 18.6 Å². The lowest BCUT2D eigenvalue weighted by atomic mass is 9.91. The number of amides is 1. The largest absolute Gasteiger partial charge is 0.490 e. The zero-order valence-corrected chi connectivity index (χ0v) is 19.0. The summed E-state index contributed by atoms with van der Waals surface area (Å²) in [6.07, 6.45) is 0.00598. The summed E-state index contributed by atoms with van der Waals surface area (Å²) in [6.45, 7) is 4.77. The molecule has 1 aromatic heterocycles. The van der Waals surface area contributed by atoms with Crippen LogP contribution in [0.3, 0.4) is 0 Å². The molecule has 0 radical (unpaired) electrons. The average Bonchev–Trinajstić information content (AvgIpc) is 2.79. The van der Waals surface area contributed by atoms with Crippen molar-refractivity contribution in [1.29, 1.82) is 0 Å². The van der Waals surface area contributed by atoms with Crippen molar-refractivity contribution >= 4 is 23.6 Å². The molecule has 1 saturated carbocycles. The highest BCUT2D eigenvalue weighted by molar-refractivity contribution is 5.94. The third kappa shape index (κ3) is 8.65. The Balaban J connectivity index is 0.000000540. The fourth-order valence-corrected chi connectivity index (χ4v) is 3.33. The molecule has 1 aliphatic carbocycles. The number of hydrogen-bond donors (Lipinski definition) is 4. The molecule has 0 saturated heterocycles. The smallest absolute Gasteiger partial charge is 0.475 e. The zero-order chi connectivity index (χ0) is 26.2. The van der Waals surface area contributed by atoms with Crippen molar-refractivity contribution < 1.29 is 36.6 Å². The van der Waals surface area contributed by atoms with E-state index in [0.717, 1.165) is 55.7 Å². The fraction of sp³-hybridized carbons (Fsp3) is 0.455. The van der Waals surface area contributed by atoms with Crippen molar-refractivity contribution in [2.75, 3.05) is 17.2 Å². The van der Waals surface area contributed by atoms with E-state index in [1.165, 1.54) is 6.07 Å². The second kappa shape index (κ2) is 12.3. The first-order valence-electron chi connectivity index (χ1n) is 10.8. The summed E-state index contributed by atoms with van der Waals surface area (Å²) in [7, 11) is 0. The molecule has 13 heteroatoms. The van der Waals surface area contributed by atoms with E-state index >= 15 is 0 Å². The lowest BCUT2D eigenvalue weighted by Crippen LogP contribution is -2.40. The van der Waals surface area contributed by atoms with E-state index in [2.05, 4.69) is 25.9 Å². The number of benzene rings is 1. The normalized spacial score (nSPS) is 17.6. The van der Waals surface area contributed by atoms with E-state index in [4.69, 9.17) is 9.90 Å². The SMILES string of the molecule is CCNc1nc(N[C@H]2CC[C@@H](NC(=O)c3ccc(F)c(F)c3)CC2)ncc1C.O=C(O)C(F)(F)F. The van der Waals surface area contributed by atoms with Crippen LogP contribution in [0.1, 0.15) is 48.5 Å². The number of carbonyl (C=O) groups is 2. The summed E-state index contributed by atoms with van der Waals surface area (Å²) < 4.78 is 58.0. The molecule has 1 aliphatic rings. The van der Waals surface area contributed by atoms with Gasteiger partial charge in [-0.25, -0.2) is 18.6 Å². The first-order chi connectivity index (χ1) is 16.4. The van der Waals surface area contributed by atoms with Gasteiger partial charge in [0, 0.05) is 36.0 Å². The van der Waals surface area contributed by atoms with Gasteiger partial charge in [0.05, 0.1) is 0 Å². The van der Waals surface area contributed by atoms with Gasteiger partial charge in [0.25, 0.3) is 5.91 Å². The van der Waals surface area contributed by atoms with Crippen molar-refractivity contribution in [3.05, 3.63) is 47.2 Å². The highest BCUT2D eigenvalue weighted by Crippen LogP contribution is 2.23. The lowest BCUT2D eigenvalue weighted by molar-refractivity contribution is -0.192. The molecule has 3 rings (SSSR count). The molecule has 0 unspecified atom stereocenters. The Morgan fingerprint density at radius 3 is 2.23 bits per heavy atom. The number of hydrogen-bond acceptors (Lipinski definition) is 6. The summed E-state index contributed by atoms with van der Waals surface area (Å²) in [6, 6.07) is 3.42. The maximum absolute atomic E-state index is 13.3. The Morgan fingerprint density at radius 2 is 1.69 bits per heavy atom. The lowest BCUT2D eigenvalue weighted by Gasteiger charge is -2.29. The van der Waals surface area contributed by atoms with Crippen LogP contribution in [0.5, 0.6) is 0 Å². The van der Waals surface area contributed by atoms with Crippen molar-refractivity contribution in [3.63, 3.8) is 0 Å². The molecule has 1 aromatic carbocycles. The molecule has 0 atom stereocenters. The molecule has 35 heavy (non-hydrogen) atoms. The highest BCUT2D eigenvalue weighted by atomic mass is 19.4. The van der Waals surface area contributed by atoms with Crippen molar-refractivity contribution in [2.24, 2.45) is 0 Å². The number of rotatable bonds is 6. The van der Waals surface area contributed by atoms with Gasteiger partial charge in [0.15, 0.2) is 11.6 Å². The van der Waals surface area contributed by atoms with Crippen LogP contribution in [0.15, 0.2) is 24.4 Å². The van der Waals surface area contributed by atoms with E-state index in [-0.39, 0.29) is 23.6 Å². The van der Waals surface area contributed by atoms with Crippen LogP contribution in [0.25, 0.3) is 0 Å². The summed E-state index contributed by atoms with van der Waals surface area (Å²) >= 11 is 0. The third-order valence-electron chi connectivity index (χ3n) is 5.14. The predicted octanol–water partition coefficient (Wildman–Crippen LogP) is 4.28. The Labute approximate surface area is 198 Å². The Hall–Kier alpha value is -3.51. The van der Waals surface area contributed by atoms with Crippen molar-refractivity contribution in [1.82, 2.24) is 15.3 Å². The van der Waals surface area contributed by atoms with Gasteiger partial charge >= 0.3 is 12.1 Å². The molecular weight excluding hydrogens is 477 g/mol. The van der Waals surface area contributed by atoms with Crippen molar-refractivity contribution in [3.8, 4) is 0 Å². The molecular formula is C22H26F5N5O3. The minimum absolute atomic E-state index is 0.00918. The number of aryl methyl sites for hydroxylation is 1. The molecule has 1 fully saturated rings. The number of nitrogens with zero attached hydrogens (tertiary/aromatic N) is 2. The van der Waals surface area contributed by atoms with Gasteiger partial charge in [-0.05, 0) is 57.7 Å². The number of halogens is 5. The second-order valence-electron chi connectivity index (χ2n) is 7.85. The van der Waals surface area contributed by atoms with Gasteiger partial charge in [-0.3, -0.25) is 4.79 Å². The molecule has 1 amide bonds.